The van der Waals surface area contributed by atoms with Crippen molar-refractivity contribution in [2.45, 2.75) is 0 Å². The zero-order chi connectivity index (χ0) is 27.2. The van der Waals surface area contributed by atoms with Gasteiger partial charge in [-0.05, 0) is 72.8 Å². The van der Waals surface area contributed by atoms with Crippen molar-refractivity contribution in [3.63, 3.8) is 0 Å². The summed E-state index contributed by atoms with van der Waals surface area (Å²) in [6.07, 6.45) is 3.34. The highest BCUT2D eigenvalue weighted by Gasteiger charge is 2.31. The molecule has 0 radical (unpaired) electrons. The largest absolute Gasteiger partial charge is 0.507 e. The summed E-state index contributed by atoms with van der Waals surface area (Å²) >= 11 is 0. The zero-order valence-corrected chi connectivity index (χ0v) is 21.0. The highest BCUT2D eigenvalue weighted by molar-refractivity contribution is 6.20. The maximum absolute atomic E-state index is 13.2. The van der Waals surface area contributed by atoms with E-state index in [1.807, 2.05) is 48.5 Å². The van der Waals surface area contributed by atoms with Gasteiger partial charge < -0.3 is 10.2 Å². The van der Waals surface area contributed by atoms with Gasteiger partial charge in [0.05, 0.1) is 33.9 Å². The van der Waals surface area contributed by atoms with Crippen LogP contribution in [0.3, 0.4) is 0 Å². The van der Waals surface area contributed by atoms with Crippen molar-refractivity contribution in [3.05, 3.63) is 121 Å². The molecule has 0 fully saturated rings. The van der Waals surface area contributed by atoms with Crippen LogP contribution in [0.1, 0.15) is 15.9 Å². The maximum Gasteiger partial charge on any atom is 0.197 e. The number of aromatic nitrogens is 4. The molecule has 190 valence electrons. The molecule has 2 aromatic carbocycles. The van der Waals surface area contributed by atoms with Crippen LogP contribution < -0.4 is 0 Å². The number of hydrogen-bond acceptors (Lipinski definition) is 7. The number of carbonyl (C=O) groups excluding carboxylic acids is 1. The SMILES string of the molecule is O=C1c2ccc(-c3cccc(-c4ccccn4)c3O)nc2-c2nc(-c3cccc(-c4ccccn4)c3O)ccc21. The van der Waals surface area contributed by atoms with Crippen LogP contribution in [0.15, 0.2) is 109 Å². The van der Waals surface area contributed by atoms with Crippen LogP contribution in [0.5, 0.6) is 11.5 Å². The van der Waals surface area contributed by atoms with Gasteiger partial charge in [0.25, 0.3) is 0 Å². The number of nitrogens with zero attached hydrogens (tertiary/aromatic N) is 4. The van der Waals surface area contributed by atoms with Crippen LogP contribution in [0, 0.1) is 0 Å². The zero-order valence-electron chi connectivity index (χ0n) is 21.0. The fourth-order valence-electron chi connectivity index (χ4n) is 5.05. The second kappa shape index (κ2) is 9.25. The molecule has 0 saturated heterocycles. The summed E-state index contributed by atoms with van der Waals surface area (Å²) in [7, 11) is 0. The van der Waals surface area contributed by atoms with Crippen molar-refractivity contribution >= 4 is 5.78 Å². The molecule has 0 spiro atoms. The molecule has 7 nitrogen and oxygen atoms in total. The first-order chi connectivity index (χ1) is 19.6. The number of benzene rings is 2. The van der Waals surface area contributed by atoms with E-state index in [1.54, 1.807) is 60.9 Å². The Balaban J connectivity index is 1.33. The number of carbonyl (C=O) groups is 1. The van der Waals surface area contributed by atoms with Gasteiger partial charge in [-0.25, -0.2) is 9.97 Å². The van der Waals surface area contributed by atoms with E-state index < -0.39 is 0 Å². The second-order valence-corrected chi connectivity index (χ2v) is 9.35. The number of para-hydroxylation sites is 2. The van der Waals surface area contributed by atoms with E-state index in [0.717, 1.165) is 0 Å². The maximum atomic E-state index is 13.2. The molecule has 0 unspecified atom stereocenters. The molecule has 1 aliphatic rings. The highest BCUT2D eigenvalue weighted by atomic mass is 16.3. The van der Waals surface area contributed by atoms with Gasteiger partial charge in [-0.15, -0.1) is 0 Å². The lowest BCUT2D eigenvalue weighted by Crippen LogP contribution is -1.96. The third-order valence-corrected chi connectivity index (χ3v) is 7.01. The fraction of sp³-hybridized carbons (Fsp3) is 0. The molecular weight excluding hydrogens is 500 g/mol. The first-order valence-electron chi connectivity index (χ1n) is 12.6. The summed E-state index contributed by atoms with van der Waals surface area (Å²) in [6.45, 7) is 0. The van der Waals surface area contributed by atoms with Gasteiger partial charge in [0.1, 0.15) is 22.9 Å². The van der Waals surface area contributed by atoms with Crippen molar-refractivity contribution < 1.29 is 15.0 Å². The minimum atomic E-state index is -0.166. The Hall–Kier alpha value is -5.69. The fourth-order valence-corrected chi connectivity index (χ4v) is 5.05. The van der Waals surface area contributed by atoms with Gasteiger partial charge in [0.2, 0.25) is 0 Å². The third-order valence-electron chi connectivity index (χ3n) is 7.01. The van der Waals surface area contributed by atoms with Crippen molar-refractivity contribution in [3.8, 4) is 67.9 Å². The molecule has 0 saturated carbocycles. The number of hydrogen-bond donors (Lipinski definition) is 2. The normalized spacial score (nSPS) is 11.8. The molecule has 0 aliphatic heterocycles. The predicted octanol–water partition coefficient (Wildman–Crippen LogP) is 6.56. The number of fused-ring (bicyclic) bond motifs is 3. The van der Waals surface area contributed by atoms with Gasteiger partial charge in [0, 0.05) is 34.6 Å². The molecule has 1 aliphatic carbocycles. The van der Waals surface area contributed by atoms with E-state index >= 15 is 0 Å². The summed E-state index contributed by atoms with van der Waals surface area (Å²) in [4.78, 5) is 31.5. The molecule has 4 aromatic heterocycles. The summed E-state index contributed by atoms with van der Waals surface area (Å²) in [5.41, 5.74) is 6.23. The number of phenols is 2. The first kappa shape index (κ1) is 23.4. The van der Waals surface area contributed by atoms with Crippen LogP contribution in [0.2, 0.25) is 0 Å². The first-order valence-corrected chi connectivity index (χ1v) is 12.6. The summed E-state index contributed by atoms with van der Waals surface area (Å²) in [6, 6.07) is 28.7. The number of ketones is 1. The minimum absolute atomic E-state index is 0.0520. The average Bonchev–Trinajstić information content (AvgIpc) is 3.28. The lowest BCUT2D eigenvalue weighted by Gasteiger charge is -2.11. The Morgan fingerprint density at radius 2 is 0.850 bits per heavy atom. The number of phenolic OH excluding ortho intramolecular Hbond substituents is 2. The van der Waals surface area contributed by atoms with Gasteiger partial charge in [-0.3, -0.25) is 14.8 Å². The van der Waals surface area contributed by atoms with Crippen molar-refractivity contribution in [2.75, 3.05) is 0 Å². The molecule has 6 aromatic rings. The molecule has 7 rings (SSSR count). The smallest absolute Gasteiger partial charge is 0.197 e. The van der Waals surface area contributed by atoms with E-state index in [4.69, 9.17) is 9.97 Å². The minimum Gasteiger partial charge on any atom is -0.507 e. The number of rotatable bonds is 4. The van der Waals surface area contributed by atoms with E-state index in [-0.39, 0.29) is 17.3 Å². The predicted molar refractivity (Wildman–Crippen MR) is 152 cm³/mol. The molecule has 0 bridgehead atoms. The van der Waals surface area contributed by atoms with E-state index in [0.29, 0.717) is 67.5 Å². The number of aromatic hydroxyl groups is 2. The van der Waals surface area contributed by atoms with Crippen LogP contribution in [-0.4, -0.2) is 35.9 Å². The van der Waals surface area contributed by atoms with Crippen molar-refractivity contribution in [1.82, 2.24) is 19.9 Å². The molecule has 0 amide bonds. The monoisotopic (exact) mass is 520 g/mol. The van der Waals surface area contributed by atoms with E-state index in [2.05, 4.69) is 9.97 Å². The van der Waals surface area contributed by atoms with Gasteiger partial charge >= 0.3 is 0 Å². The summed E-state index contributed by atoms with van der Waals surface area (Å²) < 4.78 is 0. The van der Waals surface area contributed by atoms with Crippen LogP contribution in [0.25, 0.3) is 56.4 Å². The number of pyridine rings is 4. The molecule has 40 heavy (non-hydrogen) atoms. The highest BCUT2D eigenvalue weighted by Crippen LogP contribution is 2.42. The second-order valence-electron chi connectivity index (χ2n) is 9.35. The third kappa shape index (κ3) is 3.72. The Morgan fingerprint density at radius 1 is 0.425 bits per heavy atom. The van der Waals surface area contributed by atoms with Crippen LogP contribution in [0.4, 0.5) is 0 Å². The Kier molecular flexibility index (Phi) is 5.42. The Morgan fingerprint density at radius 3 is 1.25 bits per heavy atom. The average molecular weight is 521 g/mol. The molecule has 7 heteroatoms. The summed E-state index contributed by atoms with van der Waals surface area (Å²) in [5.74, 6) is -0.0617. The standard InChI is InChI=1S/C33H20N4O3/c38-31-19(25-11-1-3-17-34-25)7-5-9-21(31)27-15-13-23-29(36-27)30-24(33(23)40)14-16-28(37-30)22-10-6-8-20(32(22)39)26-12-2-4-18-35-26/h1-18,38-39H. The molecule has 0 atom stereocenters. The van der Waals surface area contributed by atoms with Crippen LogP contribution >= 0.6 is 0 Å². The van der Waals surface area contributed by atoms with E-state index in [9.17, 15) is 15.0 Å². The quantitative estimate of drug-likeness (QED) is 0.271. The van der Waals surface area contributed by atoms with Crippen LogP contribution in [-0.2, 0) is 0 Å². The molecule has 2 N–H and O–H groups in total. The summed E-state index contributed by atoms with van der Waals surface area (Å²) in [5, 5.41) is 22.3. The van der Waals surface area contributed by atoms with Gasteiger partial charge in [-0.2, -0.15) is 0 Å². The Bertz CT molecular complexity index is 1800. The van der Waals surface area contributed by atoms with Gasteiger partial charge in [0.15, 0.2) is 5.78 Å². The molecule has 4 heterocycles. The van der Waals surface area contributed by atoms with Crippen molar-refractivity contribution in [2.24, 2.45) is 0 Å². The van der Waals surface area contributed by atoms with Gasteiger partial charge in [-0.1, -0.05) is 24.3 Å². The van der Waals surface area contributed by atoms with E-state index in [1.165, 1.54) is 0 Å². The molecular formula is C33H20N4O3. The topological polar surface area (TPSA) is 109 Å². The Labute approximate surface area is 229 Å². The lowest BCUT2D eigenvalue weighted by atomic mass is 10.0. The lowest BCUT2D eigenvalue weighted by molar-refractivity contribution is 0.104. The van der Waals surface area contributed by atoms with Crippen molar-refractivity contribution in [1.29, 1.82) is 0 Å².